The van der Waals surface area contributed by atoms with Crippen molar-refractivity contribution in [3.8, 4) is 11.8 Å². The molecule has 33 heavy (non-hydrogen) atoms. The standard InChI is InChI=1S/C33H40/c1-3-5-7-9-28-16-22-33-25-29(17-23-32(33)24-28)11-10-27-14-20-31(21-15-27)30-18-12-26(13-19-30)8-6-4-2/h14-17,20-26,30H,3-9,12-13,18-19H2,1-2H3/t26-,30-. The molecule has 0 spiro atoms. The molecule has 0 heterocycles. The lowest BCUT2D eigenvalue weighted by Crippen LogP contribution is -2.13. The summed E-state index contributed by atoms with van der Waals surface area (Å²) in [5, 5.41) is 2.61. The van der Waals surface area contributed by atoms with Crippen molar-refractivity contribution in [2.45, 2.75) is 90.4 Å². The molecule has 4 rings (SSSR count). The summed E-state index contributed by atoms with van der Waals surface area (Å²) in [5.74, 6) is 8.49. The second-order valence-electron chi connectivity index (χ2n) is 10.1. The van der Waals surface area contributed by atoms with E-state index in [-0.39, 0.29) is 0 Å². The van der Waals surface area contributed by atoms with E-state index in [0.29, 0.717) is 0 Å². The smallest absolute Gasteiger partial charge is 0.0255 e. The Hall–Kier alpha value is -2.52. The van der Waals surface area contributed by atoms with E-state index < -0.39 is 0 Å². The molecule has 3 aromatic carbocycles. The zero-order chi connectivity index (χ0) is 22.9. The van der Waals surface area contributed by atoms with Crippen LogP contribution in [0, 0.1) is 17.8 Å². The maximum Gasteiger partial charge on any atom is 0.0255 e. The molecular formula is C33H40. The van der Waals surface area contributed by atoms with Crippen molar-refractivity contribution in [2.24, 2.45) is 5.92 Å². The zero-order valence-corrected chi connectivity index (χ0v) is 20.7. The summed E-state index contributed by atoms with van der Waals surface area (Å²) in [6.45, 7) is 4.57. The third-order valence-electron chi connectivity index (χ3n) is 7.52. The van der Waals surface area contributed by atoms with Crippen LogP contribution in [0.4, 0.5) is 0 Å². The van der Waals surface area contributed by atoms with Crippen LogP contribution in [-0.2, 0) is 6.42 Å². The van der Waals surface area contributed by atoms with E-state index in [9.17, 15) is 0 Å². The van der Waals surface area contributed by atoms with Gasteiger partial charge in [-0.1, -0.05) is 94.2 Å². The first-order chi connectivity index (χ1) is 16.2. The van der Waals surface area contributed by atoms with Crippen molar-refractivity contribution in [1.82, 2.24) is 0 Å². The Kier molecular flexibility index (Phi) is 8.65. The summed E-state index contributed by atoms with van der Waals surface area (Å²) in [7, 11) is 0. The van der Waals surface area contributed by atoms with E-state index in [1.807, 2.05) is 0 Å². The van der Waals surface area contributed by atoms with Gasteiger partial charge < -0.3 is 0 Å². The van der Waals surface area contributed by atoms with Gasteiger partial charge >= 0.3 is 0 Å². The molecule has 0 amide bonds. The molecule has 1 saturated carbocycles. The molecule has 0 N–H and O–H groups in total. The molecular weight excluding hydrogens is 396 g/mol. The fourth-order valence-corrected chi connectivity index (χ4v) is 5.37. The molecule has 3 aromatic rings. The second-order valence-corrected chi connectivity index (χ2v) is 10.1. The van der Waals surface area contributed by atoms with Crippen molar-refractivity contribution >= 4 is 10.8 Å². The first kappa shape index (κ1) is 23.6. The lowest BCUT2D eigenvalue weighted by atomic mass is 9.77. The minimum absolute atomic E-state index is 0.747. The predicted molar refractivity (Wildman–Crippen MR) is 144 cm³/mol. The molecule has 0 bridgehead atoms. The number of fused-ring (bicyclic) bond motifs is 1. The molecule has 0 heteroatoms. The number of aryl methyl sites for hydroxylation is 1. The fraction of sp³-hybridized carbons (Fsp3) is 0.455. The van der Waals surface area contributed by atoms with E-state index in [1.54, 1.807) is 0 Å². The predicted octanol–water partition coefficient (Wildman–Crippen LogP) is 9.44. The van der Waals surface area contributed by atoms with E-state index in [2.05, 4.69) is 86.4 Å². The highest BCUT2D eigenvalue weighted by Crippen LogP contribution is 2.37. The van der Waals surface area contributed by atoms with Gasteiger partial charge in [0.2, 0.25) is 0 Å². The highest BCUT2D eigenvalue weighted by atomic mass is 14.3. The first-order valence-electron chi connectivity index (χ1n) is 13.4. The van der Waals surface area contributed by atoms with Gasteiger partial charge in [-0.05, 0) is 96.5 Å². The first-order valence-corrected chi connectivity index (χ1v) is 13.4. The Morgan fingerprint density at radius 2 is 1.33 bits per heavy atom. The molecule has 172 valence electrons. The molecule has 0 atom stereocenters. The topological polar surface area (TPSA) is 0 Å². The van der Waals surface area contributed by atoms with Crippen molar-refractivity contribution in [1.29, 1.82) is 0 Å². The van der Waals surface area contributed by atoms with Crippen molar-refractivity contribution in [2.75, 3.05) is 0 Å². The summed E-state index contributed by atoms with van der Waals surface area (Å²) in [5.41, 5.74) is 5.16. The molecule has 1 aliphatic rings. The lowest BCUT2D eigenvalue weighted by Gasteiger charge is -2.28. The summed E-state index contributed by atoms with van der Waals surface area (Å²) in [6.07, 6.45) is 14.8. The normalized spacial score (nSPS) is 18.1. The van der Waals surface area contributed by atoms with Crippen LogP contribution in [0.25, 0.3) is 10.8 Å². The third kappa shape index (κ3) is 6.74. The van der Waals surface area contributed by atoms with Crippen LogP contribution in [0.15, 0.2) is 60.7 Å². The Balaban J connectivity index is 1.36. The summed E-state index contributed by atoms with van der Waals surface area (Å²) >= 11 is 0. The van der Waals surface area contributed by atoms with E-state index >= 15 is 0 Å². The summed E-state index contributed by atoms with van der Waals surface area (Å²) < 4.78 is 0. The number of benzene rings is 3. The van der Waals surface area contributed by atoms with Gasteiger partial charge in [-0.3, -0.25) is 0 Å². The Labute approximate surface area is 201 Å². The zero-order valence-electron chi connectivity index (χ0n) is 20.7. The summed E-state index contributed by atoms with van der Waals surface area (Å²) in [4.78, 5) is 0. The second kappa shape index (κ2) is 12.1. The Morgan fingerprint density at radius 3 is 2.09 bits per heavy atom. The van der Waals surface area contributed by atoms with Crippen LogP contribution in [0.5, 0.6) is 0 Å². The van der Waals surface area contributed by atoms with E-state index in [0.717, 1.165) is 23.0 Å². The van der Waals surface area contributed by atoms with Crippen LogP contribution >= 0.6 is 0 Å². The van der Waals surface area contributed by atoms with Gasteiger partial charge in [0.15, 0.2) is 0 Å². The molecule has 0 radical (unpaired) electrons. The largest absolute Gasteiger partial charge is 0.0654 e. The molecule has 0 aliphatic heterocycles. The molecule has 1 aliphatic carbocycles. The van der Waals surface area contributed by atoms with Crippen LogP contribution in [0.3, 0.4) is 0 Å². The van der Waals surface area contributed by atoms with Gasteiger partial charge in [-0.25, -0.2) is 0 Å². The molecule has 0 saturated heterocycles. The Bertz CT molecular complexity index is 1070. The highest BCUT2D eigenvalue weighted by Gasteiger charge is 2.21. The molecule has 0 aromatic heterocycles. The number of hydrogen-bond donors (Lipinski definition) is 0. The van der Waals surface area contributed by atoms with Crippen molar-refractivity contribution in [3.63, 3.8) is 0 Å². The highest BCUT2D eigenvalue weighted by molar-refractivity contribution is 5.84. The van der Waals surface area contributed by atoms with Crippen LogP contribution in [0.1, 0.15) is 106 Å². The van der Waals surface area contributed by atoms with Crippen LogP contribution in [0.2, 0.25) is 0 Å². The monoisotopic (exact) mass is 436 g/mol. The molecule has 0 nitrogen and oxygen atoms in total. The fourth-order valence-electron chi connectivity index (χ4n) is 5.37. The van der Waals surface area contributed by atoms with Gasteiger partial charge in [0.05, 0.1) is 0 Å². The van der Waals surface area contributed by atoms with Crippen molar-refractivity contribution in [3.05, 3.63) is 82.9 Å². The number of hydrogen-bond acceptors (Lipinski definition) is 0. The number of unbranched alkanes of at least 4 members (excludes halogenated alkanes) is 3. The lowest BCUT2D eigenvalue weighted by molar-refractivity contribution is 0.304. The van der Waals surface area contributed by atoms with Crippen molar-refractivity contribution < 1.29 is 0 Å². The minimum atomic E-state index is 0.747. The van der Waals surface area contributed by atoms with E-state index in [4.69, 9.17) is 0 Å². The molecule has 1 fully saturated rings. The van der Waals surface area contributed by atoms with Gasteiger partial charge in [-0.2, -0.15) is 0 Å². The SMILES string of the molecule is CCCCCc1ccc2cc(C#Cc3ccc([C@H]4CC[C@H](CCCC)CC4)cc3)ccc2c1. The quantitative estimate of drug-likeness (QED) is 0.244. The van der Waals surface area contributed by atoms with Gasteiger partial charge in [-0.15, -0.1) is 0 Å². The van der Waals surface area contributed by atoms with Gasteiger partial charge in [0.25, 0.3) is 0 Å². The average molecular weight is 437 g/mol. The number of rotatable bonds is 8. The maximum absolute atomic E-state index is 3.38. The average Bonchev–Trinajstić information content (AvgIpc) is 2.87. The summed E-state index contributed by atoms with van der Waals surface area (Å²) in [6, 6.07) is 22.6. The van der Waals surface area contributed by atoms with Crippen LogP contribution in [-0.4, -0.2) is 0 Å². The minimum Gasteiger partial charge on any atom is -0.0654 e. The third-order valence-corrected chi connectivity index (χ3v) is 7.52. The van der Waals surface area contributed by atoms with Crippen LogP contribution < -0.4 is 0 Å². The van der Waals surface area contributed by atoms with Gasteiger partial charge in [0, 0.05) is 11.1 Å². The van der Waals surface area contributed by atoms with Gasteiger partial charge in [0.1, 0.15) is 0 Å². The maximum atomic E-state index is 3.38. The molecule has 0 unspecified atom stereocenters. The van der Waals surface area contributed by atoms with E-state index in [1.165, 1.54) is 92.5 Å². The Morgan fingerprint density at radius 1 is 0.667 bits per heavy atom.